The average Bonchev–Trinajstić information content (AvgIpc) is 3.59. The van der Waals surface area contributed by atoms with Crippen molar-refractivity contribution in [1.82, 2.24) is 0 Å². The third kappa shape index (κ3) is 4.59. The molecule has 3 heterocycles. The average molecular weight is 660 g/mol. The van der Waals surface area contributed by atoms with E-state index < -0.39 is 0 Å². The number of para-hydroxylation sites is 1. The number of allylic oxidation sites excluding steroid dienone is 8. The second kappa shape index (κ2) is 11.4. The summed E-state index contributed by atoms with van der Waals surface area (Å²) in [5.41, 5.74) is 18.4. The number of hydrogen-bond donors (Lipinski definition) is 1. The van der Waals surface area contributed by atoms with Crippen LogP contribution in [-0.4, -0.2) is 11.5 Å². The minimum absolute atomic E-state index is 0.0938. The summed E-state index contributed by atoms with van der Waals surface area (Å²) in [6.45, 7) is 0.845. The fourth-order valence-corrected chi connectivity index (χ4v) is 9.35. The van der Waals surface area contributed by atoms with Crippen molar-refractivity contribution in [3.05, 3.63) is 160 Å². The maximum absolute atomic E-state index is 6.37. The molecule has 7 aliphatic rings. The molecule has 1 N–H and O–H groups in total. The zero-order chi connectivity index (χ0) is 33.5. The number of nitrogens with zero attached hydrogens (tertiary/aromatic N) is 2. The molecule has 0 radical (unpaired) electrons. The highest BCUT2D eigenvalue weighted by Crippen LogP contribution is 2.50. The van der Waals surface area contributed by atoms with E-state index in [0.29, 0.717) is 0 Å². The Kier molecular flexibility index (Phi) is 6.49. The number of benzene rings is 4. The molecule has 0 spiro atoms. The number of amidine groups is 1. The molecule has 4 bridgehead atoms. The van der Waals surface area contributed by atoms with E-state index in [0.717, 1.165) is 89.7 Å². The molecule has 0 amide bonds. The lowest BCUT2D eigenvalue weighted by atomic mass is 9.74. The van der Waals surface area contributed by atoms with Crippen LogP contribution in [0.15, 0.2) is 146 Å². The molecule has 1 aromatic heterocycles. The first-order valence-corrected chi connectivity index (χ1v) is 18.5. The number of nitrogens with one attached hydrogen (secondary N) is 1. The SMILES string of the molecule is C1=CCCC(C2=CC(C3=N\C(c4cccc5oc6ccccc6c45)=C/CC4/C(=N\3)C3CC=Cc5ccc6c(c53)-c3ccc4cc3NC6)=CCC2)=C1. The molecule has 246 valence electrons. The Morgan fingerprint density at radius 3 is 2.67 bits per heavy atom. The molecule has 0 saturated heterocycles. The first-order chi connectivity index (χ1) is 25.3. The van der Waals surface area contributed by atoms with Crippen LogP contribution < -0.4 is 5.32 Å². The summed E-state index contributed by atoms with van der Waals surface area (Å²) in [7, 11) is 0. The topological polar surface area (TPSA) is 49.9 Å². The smallest absolute Gasteiger partial charge is 0.159 e. The van der Waals surface area contributed by atoms with Gasteiger partial charge in [0, 0.05) is 57.3 Å². The van der Waals surface area contributed by atoms with Gasteiger partial charge in [0.05, 0.1) is 5.70 Å². The fourth-order valence-electron chi connectivity index (χ4n) is 9.35. The van der Waals surface area contributed by atoms with Gasteiger partial charge in [-0.25, -0.2) is 9.98 Å². The van der Waals surface area contributed by atoms with Crippen molar-refractivity contribution in [3.8, 4) is 11.1 Å². The number of furan rings is 1. The molecule has 2 atom stereocenters. The van der Waals surface area contributed by atoms with Crippen molar-refractivity contribution in [1.29, 1.82) is 0 Å². The minimum Gasteiger partial charge on any atom is -0.456 e. The van der Waals surface area contributed by atoms with Crippen LogP contribution in [0.2, 0.25) is 0 Å². The highest BCUT2D eigenvalue weighted by Gasteiger charge is 2.36. The van der Waals surface area contributed by atoms with E-state index in [1.54, 1.807) is 0 Å². The van der Waals surface area contributed by atoms with Crippen LogP contribution in [0, 0.1) is 0 Å². The molecule has 0 fully saturated rings. The molecular formula is C47H37N3O. The Morgan fingerprint density at radius 2 is 1.71 bits per heavy atom. The highest BCUT2D eigenvalue weighted by molar-refractivity contribution is 6.16. The lowest BCUT2D eigenvalue weighted by Crippen LogP contribution is -2.25. The van der Waals surface area contributed by atoms with Crippen molar-refractivity contribution < 1.29 is 4.42 Å². The van der Waals surface area contributed by atoms with E-state index in [1.165, 1.54) is 55.9 Å². The third-order valence-corrected chi connectivity index (χ3v) is 11.8. The van der Waals surface area contributed by atoms with E-state index in [1.807, 2.05) is 6.07 Å². The molecule has 2 aliphatic heterocycles. The summed E-state index contributed by atoms with van der Waals surface area (Å²) < 4.78 is 6.37. The Hall–Kier alpha value is -5.74. The van der Waals surface area contributed by atoms with Gasteiger partial charge < -0.3 is 9.73 Å². The van der Waals surface area contributed by atoms with E-state index >= 15 is 0 Å². The molecule has 2 unspecified atom stereocenters. The number of aliphatic imine (C=N–C) groups is 2. The lowest BCUT2D eigenvalue weighted by molar-refractivity contribution is 0.669. The second-order valence-corrected chi connectivity index (χ2v) is 14.6. The molecule has 4 aromatic carbocycles. The Bertz CT molecular complexity index is 2600. The molecule has 4 heteroatoms. The molecular weight excluding hydrogens is 623 g/mol. The van der Waals surface area contributed by atoms with E-state index in [-0.39, 0.29) is 11.8 Å². The van der Waals surface area contributed by atoms with Gasteiger partial charge in [-0.05, 0) is 102 Å². The fraction of sp³-hybridized carbons (Fsp3) is 0.191. The van der Waals surface area contributed by atoms with Crippen molar-refractivity contribution >= 4 is 50.9 Å². The maximum Gasteiger partial charge on any atom is 0.159 e. The van der Waals surface area contributed by atoms with Crippen molar-refractivity contribution in [2.75, 3.05) is 5.32 Å². The van der Waals surface area contributed by atoms with Gasteiger partial charge in [0.25, 0.3) is 0 Å². The van der Waals surface area contributed by atoms with Gasteiger partial charge in [-0.15, -0.1) is 0 Å². The summed E-state index contributed by atoms with van der Waals surface area (Å²) in [5, 5.41) is 6.00. The quantitative estimate of drug-likeness (QED) is 0.210. The zero-order valence-corrected chi connectivity index (χ0v) is 28.5. The molecule has 12 rings (SSSR count). The number of anilines is 1. The number of rotatable bonds is 3. The van der Waals surface area contributed by atoms with Gasteiger partial charge in [0.15, 0.2) is 5.84 Å². The first kappa shape index (κ1) is 29.0. The van der Waals surface area contributed by atoms with Gasteiger partial charge in [-0.3, -0.25) is 0 Å². The van der Waals surface area contributed by atoms with E-state index in [2.05, 4.69) is 121 Å². The van der Waals surface area contributed by atoms with Crippen LogP contribution >= 0.6 is 0 Å². The molecule has 0 saturated carbocycles. The summed E-state index contributed by atoms with van der Waals surface area (Å²) in [6.07, 6.45) is 24.6. The predicted molar refractivity (Wildman–Crippen MR) is 211 cm³/mol. The van der Waals surface area contributed by atoms with Crippen molar-refractivity contribution in [3.63, 3.8) is 0 Å². The van der Waals surface area contributed by atoms with Crippen LogP contribution in [0.3, 0.4) is 0 Å². The van der Waals surface area contributed by atoms with Crippen molar-refractivity contribution in [2.45, 2.75) is 56.9 Å². The predicted octanol–water partition coefficient (Wildman–Crippen LogP) is 12.0. The molecule has 5 aromatic rings. The largest absolute Gasteiger partial charge is 0.456 e. The van der Waals surface area contributed by atoms with Crippen LogP contribution in [0.4, 0.5) is 5.69 Å². The zero-order valence-electron chi connectivity index (χ0n) is 28.5. The van der Waals surface area contributed by atoms with Gasteiger partial charge in [-0.1, -0.05) is 97.1 Å². The third-order valence-electron chi connectivity index (χ3n) is 11.8. The first-order valence-electron chi connectivity index (χ1n) is 18.5. The van der Waals surface area contributed by atoms with Crippen LogP contribution in [0.1, 0.15) is 78.2 Å². The summed E-state index contributed by atoms with van der Waals surface area (Å²) >= 11 is 0. The number of fused-ring (bicyclic) bond motifs is 4. The van der Waals surface area contributed by atoms with Crippen LogP contribution in [-0.2, 0) is 6.54 Å². The maximum atomic E-state index is 6.37. The molecule has 5 aliphatic carbocycles. The van der Waals surface area contributed by atoms with Crippen molar-refractivity contribution in [2.24, 2.45) is 9.98 Å². The van der Waals surface area contributed by atoms with Gasteiger partial charge in [0.2, 0.25) is 0 Å². The monoisotopic (exact) mass is 659 g/mol. The van der Waals surface area contributed by atoms with Gasteiger partial charge in [-0.2, -0.15) is 0 Å². The number of hydrogen-bond acceptors (Lipinski definition) is 4. The highest BCUT2D eigenvalue weighted by atomic mass is 16.3. The standard InChI is InChI=1S/C47H37N3O/c1-2-9-28(10-3-1)30-12-6-13-32(25-30)47-49-39(35-15-8-18-42-45(35)37-14-4-5-17-41(37)51-42)24-23-34-31-21-22-36-40(26-31)48-27-33-20-19-29-11-7-16-38(46(34)50-47)43(29)44(33)36/h1-2,4-5,7-9,11,13-15,17-22,24-26,34,38,48H,3,6,10,12,16,23,27H2/b39-24-,49-47+,50-46+. The summed E-state index contributed by atoms with van der Waals surface area (Å²) in [4.78, 5) is 11.4. The van der Waals surface area contributed by atoms with E-state index in [4.69, 9.17) is 14.4 Å². The Morgan fingerprint density at radius 1 is 0.765 bits per heavy atom. The van der Waals surface area contributed by atoms with Crippen LogP contribution in [0.25, 0.3) is 44.8 Å². The van der Waals surface area contributed by atoms with Gasteiger partial charge >= 0.3 is 0 Å². The Balaban J connectivity index is 1.17. The van der Waals surface area contributed by atoms with Crippen LogP contribution in [0.5, 0.6) is 0 Å². The van der Waals surface area contributed by atoms with Gasteiger partial charge in [0.1, 0.15) is 11.2 Å². The molecule has 51 heavy (non-hydrogen) atoms. The minimum atomic E-state index is 0.0938. The lowest BCUT2D eigenvalue weighted by Gasteiger charge is -2.32. The van der Waals surface area contributed by atoms with E-state index in [9.17, 15) is 0 Å². The summed E-state index contributed by atoms with van der Waals surface area (Å²) in [5.74, 6) is 1.07. The molecule has 4 nitrogen and oxygen atoms in total. The summed E-state index contributed by atoms with van der Waals surface area (Å²) in [6, 6.07) is 26.5. The second-order valence-electron chi connectivity index (χ2n) is 14.6. The Labute approximate surface area is 297 Å². The normalized spacial score (nSPS) is 24.5.